The van der Waals surface area contributed by atoms with E-state index < -0.39 is 0 Å². The first-order valence-corrected chi connectivity index (χ1v) is 6.58. The first-order chi connectivity index (χ1) is 8.17. The van der Waals surface area contributed by atoms with Crippen molar-refractivity contribution >= 4 is 27.5 Å². The molecule has 4 nitrogen and oxygen atoms in total. The van der Waals surface area contributed by atoms with Gasteiger partial charge in [0.1, 0.15) is 10.8 Å². The van der Waals surface area contributed by atoms with Crippen molar-refractivity contribution in [3.05, 3.63) is 27.6 Å². The Kier molecular flexibility index (Phi) is 3.79. The van der Waals surface area contributed by atoms with Crippen LogP contribution in [0.15, 0.2) is 16.7 Å². The van der Waals surface area contributed by atoms with Gasteiger partial charge in [0, 0.05) is 12.7 Å². The van der Waals surface area contributed by atoms with E-state index in [2.05, 4.69) is 31.0 Å². The van der Waals surface area contributed by atoms with Gasteiger partial charge in [0.15, 0.2) is 5.82 Å². The summed E-state index contributed by atoms with van der Waals surface area (Å²) in [6, 6.07) is 1.89. The van der Waals surface area contributed by atoms with Gasteiger partial charge in [0.2, 0.25) is 0 Å². The average Bonchev–Trinajstić information content (AvgIpc) is 2.80. The summed E-state index contributed by atoms with van der Waals surface area (Å²) in [6.45, 7) is 4.84. The van der Waals surface area contributed by atoms with E-state index in [4.69, 9.17) is 11.6 Å². The van der Waals surface area contributed by atoms with Crippen LogP contribution in [0.2, 0.25) is 5.15 Å². The molecule has 0 saturated heterocycles. The van der Waals surface area contributed by atoms with Gasteiger partial charge in [-0.25, -0.2) is 9.97 Å². The Balaban J connectivity index is 2.57. The fraction of sp³-hybridized carbons (Fsp3) is 0.364. The Morgan fingerprint density at radius 2 is 2.12 bits per heavy atom. The fourth-order valence-electron chi connectivity index (χ4n) is 1.59. The first-order valence-electron chi connectivity index (χ1n) is 5.41. The predicted molar refractivity (Wildman–Crippen MR) is 71.0 cm³/mol. The van der Waals surface area contributed by atoms with Crippen LogP contribution in [0.1, 0.15) is 19.5 Å². The van der Waals surface area contributed by atoms with Gasteiger partial charge in [-0.05, 0) is 35.3 Å². The van der Waals surface area contributed by atoms with Crippen molar-refractivity contribution in [2.75, 3.05) is 0 Å². The molecule has 0 atom stereocenters. The quantitative estimate of drug-likeness (QED) is 0.816. The van der Waals surface area contributed by atoms with Crippen molar-refractivity contribution in [1.82, 2.24) is 19.7 Å². The molecule has 0 aliphatic carbocycles. The van der Waals surface area contributed by atoms with Gasteiger partial charge in [-0.2, -0.15) is 5.10 Å². The Labute approximate surface area is 113 Å². The second-order valence-corrected chi connectivity index (χ2v) is 4.64. The summed E-state index contributed by atoms with van der Waals surface area (Å²) in [4.78, 5) is 8.78. The Morgan fingerprint density at radius 3 is 2.76 bits per heavy atom. The smallest absolute Gasteiger partial charge is 0.179 e. The van der Waals surface area contributed by atoms with Crippen LogP contribution in [0.4, 0.5) is 0 Å². The van der Waals surface area contributed by atoms with Crippen molar-refractivity contribution in [3.8, 4) is 11.5 Å². The van der Waals surface area contributed by atoms with E-state index in [-0.39, 0.29) is 0 Å². The molecule has 0 aliphatic heterocycles. The molecule has 0 bridgehead atoms. The summed E-state index contributed by atoms with van der Waals surface area (Å²) in [7, 11) is 0. The van der Waals surface area contributed by atoms with Gasteiger partial charge < -0.3 is 0 Å². The zero-order chi connectivity index (χ0) is 12.4. The van der Waals surface area contributed by atoms with Gasteiger partial charge in [0.05, 0.1) is 10.2 Å². The molecule has 0 radical (unpaired) electrons. The van der Waals surface area contributed by atoms with Gasteiger partial charge in [-0.3, -0.25) is 4.68 Å². The van der Waals surface area contributed by atoms with Crippen LogP contribution in [-0.2, 0) is 13.0 Å². The number of rotatable bonds is 3. The lowest BCUT2D eigenvalue weighted by atomic mass is 10.3. The zero-order valence-electron chi connectivity index (χ0n) is 9.61. The lowest BCUT2D eigenvalue weighted by molar-refractivity contribution is 0.663. The maximum atomic E-state index is 6.08. The molecule has 0 spiro atoms. The first kappa shape index (κ1) is 12.5. The predicted octanol–water partition coefficient (Wildman–Crippen LogP) is 3.34. The second kappa shape index (κ2) is 5.14. The molecule has 0 unspecified atom stereocenters. The summed E-state index contributed by atoms with van der Waals surface area (Å²) in [5.41, 5.74) is 1.79. The highest BCUT2D eigenvalue weighted by Crippen LogP contribution is 2.27. The number of aryl methyl sites for hydroxylation is 2. The lowest BCUT2D eigenvalue weighted by Gasteiger charge is -2.07. The maximum Gasteiger partial charge on any atom is 0.179 e. The highest BCUT2D eigenvalue weighted by atomic mass is 79.9. The minimum absolute atomic E-state index is 0.440. The zero-order valence-corrected chi connectivity index (χ0v) is 12.0. The maximum absolute atomic E-state index is 6.08. The van der Waals surface area contributed by atoms with E-state index >= 15 is 0 Å². The molecule has 0 amide bonds. The summed E-state index contributed by atoms with van der Waals surface area (Å²) in [5.74, 6) is 0.620. The summed E-state index contributed by atoms with van der Waals surface area (Å²) >= 11 is 9.48. The summed E-state index contributed by atoms with van der Waals surface area (Å²) in [6.07, 6.45) is 2.54. The van der Waals surface area contributed by atoms with E-state index in [0.717, 1.165) is 28.8 Å². The van der Waals surface area contributed by atoms with Crippen molar-refractivity contribution in [2.24, 2.45) is 0 Å². The number of nitrogens with zero attached hydrogens (tertiary/aromatic N) is 4. The standard InChI is InChI=1S/C11H12BrClN4/c1-3-7-9(12)10(13)16-11(15-7)8-5-6-14-17(8)4-2/h5-6H,3-4H2,1-2H3. The molecule has 0 aromatic carbocycles. The molecule has 2 aromatic heterocycles. The van der Waals surface area contributed by atoms with E-state index in [9.17, 15) is 0 Å². The van der Waals surface area contributed by atoms with Crippen molar-refractivity contribution in [2.45, 2.75) is 26.8 Å². The molecule has 90 valence electrons. The van der Waals surface area contributed by atoms with Gasteiger partial charge in [0.25, 0.3) is 0 Å². The molecule has 0 aliphatic rings. The largest absolute Gasteiger partial charge is 0.262 e. The van der Waals surface area contributed by atoms with Crippen LogP contribution < -0.4 is 0 Å². The molecule has 0 fully saturated rings. The Bertz CT molecular complexity index is 538. The van der Waals surface area contributed by atoms with E-state index in [1.165, 1.54) is 0 Å². The van der Waals surface area contributed by atoms with E-state index in [0.29, 0.717) is 11.0 Å². The SMILES string of the molecule is CCc1nc(-c2ccnn2CC)nc(Cl)c1Br. The number of aromatic nitrogens is 4. The van der Waals surface area contributed by atoms with Crippen molar-refractivity contribution < 1.29 is 0 Å². The van der Waals surface area contributed by atoms with Crippen LogP contribution in [0.25, 0.3) is 11.5 Å². The van der Waals surface area contributed by atoms with E-state index in [1.807, 2.05) is 24.6 Å². The van der Waals surface area contributed by atoms with Gasteiger partial charge in [-0.15, -0.1) is 0 Å². The van der Waals surface area contributed by atoms with Crippen LogP contribution >= 0.6 is 27.5 Å². The Hall–Kier alpha value is -0.940. The average molecular weight is 316 g/mol. The third-order valence-corrected chi connectivity index (χ3v) is 3.79. The molecule has 2 heterocycles. The normalized spacial score (nSPS) is 10.8. The third kappa shape index (κ3) is 2.35. The van der Waals surface area contributed by atoms with Crippen LogP contribution in [0.5, 0.6) is 0 Å². The second-order valence-electron chi connectivity index (χ2n) is 3.48. The molecule has 6 heteroatoms. The monoisotopic (exact) mass is 314 g/mol. The van der Waals surface area contributed by atoms with Crippen molar-refractivity contribution in [3.63, 3.8) is 0 Å². The van der Waals surface area contributed by atoms with Crippen LogP contribution in [-0.4, -0.2) is 19.7 Å². The molecule has 2 rings (SSSR count). The molecular formula is C11H12BrClN4. The van der Waals surface area contributed by atoms with E-state index in [1.54, 1.807) is 6.20 Å². The minimum atomic E-state index is 0.440. The summed E-state index contributed by atoms with van der Waals surface area (Å²) < 4.78 is 2.62. The van der Waals surface area contributed by atoms with Crippen LogP contribution in [0.3, 0.4) is 0 Å². The topological polar surface area (TPSA) is 43.6 Å². The minimum Gasteiger partial charge on any atom is -0.262 e. The molecule has 0 saturated carbocycles. The lowest BCUT2D eigenvalue weighted by Crippen LogP contribution is -2.04. The summed E-state index contributed by atoms with van der Waals surface area (Å²) in [5, 5.41) is 4.64. The van der Waals surface area contributed by atoms with Crippen LogP contribution in [0, 0.1) is 0 Å². The molecule has 17 heavy (non-hydrogen) atoms. The number of halogens is 2. The molecule has 0 N–H and O–H groups in total. The van der Waals surface area contributed by atoms with Gasteiger partial charge >= 0.3 is 0 Å². The molecule has 2 aromatic rings. The highest BCUT2D eigenvalue weighted by Gasteiger charge is 2.13. The van der Waals surface area contributed by atoms with Gasteiger partial charge in [-0.1, -0.05) is 18.5 Å². The Morgan fingerprint density at radius 1 is 1.35 bits per heavy atom. The van der Waals surface area contributed by atoms with Crippen molar-refractivity contribution in [1.29, 1.82) is 0 Å². The third-order valence-electron chi connectivity index (χ3n) is 2.46. The number of hydrogen-bond donors (Lipinski definition) is 0. The highest BCUT2D eigenvalue weighted by molar-refractivity contribution is 9.10. The number of hydrogen-bond acceptors (Lipinski definition) is 3. The molecular weight excluding hydrogens is 304 g/mol. The fourth-order valence-corrected chi connectivity index (χ4v) is 2.23.